The molecule has 2 rings (SSSR count). The van der Waals surface area contributed by atoms with Crippen molar-refractivity contribution in [2.24, 2.45) is 0 Å². The molecule has 0 spiro atoms. The third-order valence-corrected chi connectivity index (χ3v) is 4.67. The Balaban J connectivity index is 1.59. The normalized spacial score (nSPS) is 18.0. The Bertz CT molecular complexity index is 361. The maximum atomic E-state index is 9.88. The zero-order valence-corrected chi connectivity index (χ0v) is 12.5. The van der Waals surface area contributed by atoms with Crippen LogP contribution in [-0.2, 0) is 17.7 Å². The molecule has 0 aromatic carbocycles. The summed E-state index contributed by atoms with van der Waals surface area (Å²) < 4.78 is 5.71. The molecule has 0 aliphatic heterocycles. The van der Waals surface area contributed by atoms with Gasteiger partial charge in [0.15, 0.2) is 0 Å². The molecule has 2 N–H and O–H groups in total. The molecule has 1 heterocycles. The van der Waals surface area contributed by atoms with Crippen molar-refractivity contribution in [3.8, 4) is 0 Å². The molecule has 3 nitrogen and oxygen atoms in total. The first-order chi connectivity index (χ1) is 9.29. The van der Waals surface area contributed by atoms with Crippen LogP contribution in [0.2, 0.25) is 0 Å². The molecule has 19 heavy (non-hydrogen) atoms. The summed E-state index contributed by atoms with van der Waals surface area (Å²) >= 11 is 1.78. The molecule has 1 saturated carbocycles. The van der Waals surface area contributed by atoms with Crippen LogP contribution in [0.4, 0.5) is 0 Å². The van der Waals surface area contributed by atoms with Gasteiger partial charge in [0.2, 0.25) is 0 Å². The maximum Gasteiger partial charge on any atom is 0.0897 e. The van der Waals surface area contributed by atoms with Gasteiger partial charge in [-0.25, -0.2) is 0 Å². The lowest BCUT2D eigenvalue weighted by Gasteiger charge is -2.16. The summed E-state index contributed by atoms with van der Waals surface area (Å²) in [5, 5.41) is 15.3. The number of thiophene rings is 1. The molecule has 1 aliphatic rings. The molecule has 1 aromatic rings. The van der Waals surface area contributed by atoms with Crippen molar-refractivity contribution in [1.29, 1.82) is 0 Å². The fraction of sp³-hybridized carbons (Fsp3) is 0.733. The first-order valence-corrected chi connectivity index (χ1v) is 8.23. The second-order valence-electron chi connectivity index (χ2n) is 5.25. The van der Waals surface area contributed by atoms with Gasteiger partial charge < -0.3 is 15.2 Å². The summed E-state index contributed by atoms with van der Waals surface area (Å²) in [5.41, 5.74) is 1.41. The van der Waals surface area contributed by atoms with E-state index in [4.69, 9.17) is 4.74 Å². The van der Waals surface area contributed by atoms with E-state index in [1.807, 2.05) is 0 Å². The quantitative estimate of drug-likeness (QED) is 0.771. The molecule has 0 amide bonds. The lowest BCUT2D eigenvalue weighted by Crippen LogP contribution is -2.31. The zero-order valence-electron chi connectivity index (χ0n) is 11.7. The number of aliphatic hydroxyl groups is 1. The highest BCUT2D eigenvalue weighted by molar-refractivity contribution is 7.10. The van der Waals surface area contributed by atoms with Gasteiger partial charge in [-0.05, 0) is 36.3 Å². The molecule has 0 bridgehead atoms. The second kappa shape index (κ2) is 8.00. The Morgan fingerprint density at radius 1 is 1.47 bits per heavy atom. The van der Waals surface area contributed by atoms with Crippen molar-refractivity contribution in [1.82, 2.24) is 5.32 Å². The van der Waals surface area contributed by atoms with E-state index in [0.29, 0.717) is 19.3 Å². The second-order valence-corrected chi connectivity index (χ2v) is 6.25. The zero-order chi connectivity index (χ0) is 13.5. The molecule has 1 aliphatic carbocycles. The molecule has 1 atom stereocenters. The largest absolute Gasteiger partial charge is 0.389 e. The van der Waals surface area contributed by atoms with Crippen molar-refractivity contribution in [3.05, 3.63) is 21.9 Å². The van der Waals surface area contributed by atoms with E-state index >= 15 is 0 Å². The number of aryl methyl sites for hydroxylation is 1. The van der Waals surface area contributed by atoms with Crippen LogP contribution in [0.15, 0.2) is 11.4 Å². The smallest absolute Gasteiger partial charge is 0.0897 e. The van der Waals surface area contributed by atoms with E-state index in [9.17, 15) is 5.11 Å². The fourth-order valence-corrected chi connectivity index (χ4v) is 3.50. The SMILES string of the molecule is CCc1ccsc1CNCC(O)COC1CCCC1. The van der Waals surface area contributed by atoms with E-state index in [0.717, 1.165) is 25.8 Å². The van der Waals surface area contributed by atoms with Crippen LogP contribution in [-0.4, -0.2) is 30.5 Å². The standard InChI is InChI=1S/C15H25NO2S/c1-2-12-7-8-19-15(12)10-16-9-13(17)11-18-14-5-3-4-6-14/h7-8,13-14,16-17H,2-6,9-11H2,1H3. The summed E-state index contributed by atoms with van der Waals surface area (Å²) in [5.74, 6) is 0. The summed E-state index contributed by atoms with van der Waals surface area (Å²) in [7, 11) is 0. The Morgan fingerprint density at radius 3 is 3.00 bits per heavy atom. The minimum atomic E-state index is -0.398. The summed E-state index contributed by atoms with van der Waals surface area (Å²) in [6, 6.07) is 2.18. The number of nitrogens with one attached hydrogen (secondary N) is 1. The summed E-state index contributed by atoms with van der Waals surface area (Å²) in [6.45, 7) is 4.09. The molecular formula is C15H25NO2S. The van der Waals surface area contributed by atoms with Gasteiger partial charge in [0.25, 0.3) is 0 Å². The topological polar surface area (TPSA) is 41.5 Å². The monoisotopic (exact) mass is 283 g/mol. The van der Waals surface area contributed by atoms with Gasteiger partial charge in [-0.3, -0.25) is 0 Å². The number of ether oxygens (including phenoxy) is 1. The predicted octanol–water partition coefficient (Wildman–Crippen LogP) is 2.72. The highest BCUT2D eigenvalue weighted by atomic mass is 32.1. The molecule has 1 fully saturated rings. The molecule has 0 saturated heterocycles. The Morgan fingerprint density at radius 2 is 2.26 bits per heavy atom. The van der Waals surface area contributed by atoms with Gasteiger partial charge in [0.1, 0.15) is 0 Å². The van der Waals surface area contributed by atoms with Gasteiger partial charge >= 0.3 is 0 Å². The molecule has 1 aromatic heterocycles. The Hall–Kier alpha value is -0.420. The third-order valence-electron chi connectivity index (χ3n) is 3.71. The maximum absolute atomic E-state index is 9.88. The highest BCUT2D eigenvalue weighted by Gasteiger charge is 2.16. The van der Waals surface area contributed by atoms with Crippen molar-refractivity contribution >= 4 is 11.3 Å². The lowest BCUT2D eigenvalue weighted by molar-refractivity contribution is -0.00548. The van der Waals surface area contributed by atoms with E-state index < -0.39 is 6.10 Å². The van der Waals surface area contributed by atoms with Crippen molar-refractivity contribution in [2.45, 2.75) is 57.8 Å². The summed E-state index contributed by atoms with van der Waals surface area (Å²) in [4.78, 5) is 1.38. The molecule has 1 unspecified atom stereocenters. The van der Waals surface area contributed by atoms with Crippen molar-refractivity contribution in [2.75, 3.05) is 13.2 Å². The molecule has 108 valence electrons. The first kappa shape index (κ1) is 15.0. The van der Waals surface area contributed by atoms with E-state index in [-0.39, 0.29) is 0 Å². The van der Waals surface area contributed by atoms with Crippen LogP contribution in [0.25, 0.3) is 0 Å². The van der Waals surface area contributed by atoms with Crippen LogP contribution < -0.4 is 5.32 Å². The average Bonchev–Trinajstić information content (AvgIpc) is 3.07. The summed E-state index contributed by atoms with van der Waals surface area (Å²) in [6.07, 6.45) is 5.94. The highest BCUT2D eigenvalue weighted by Crippen LogP contribution is 2.21. The number of aliphatic hydroxyl groups excluding tert-OH is 1. The number of rotatable bonds is 8. The first-order valence-electron chi connectivity index (χ1n) is 7.35. The lowest BCUT2D eigenvalue weighted by atomic mass is 10.2. The molecular weight excluding hydrogens is 258 g/mol. The van der Waals surface area contributed by atoms with Crippen LogP contribution in [0.5, 0.6) is 0 Å². The predicted molar refractivity (Wildman–Crippen MR) is 79.6 cm³/mol. The van der Waals surface area contributed by atoms with Crippen LogP contribution >= 0.6 is 11.3 Å². The Kier molecular flexibility index (Phi) is 6.31. The van der Waals surface area contributed by atoms with Crippen LogP contribution in [0.1, 0.15) is 43.0 Å². The van der Waals surface area contributed by atoms with Crippen molar-refractivity contribution < 1.29 is 9.84 Å². The fourth-order valence-electron chi connectivity index (χ4n) is 2.55. The van der Waals surface area contributed by atoms with Gasteiger partial charge in [0, 0.05) is 18.0 Å². The van der Waals surface area contributed by atoms with Crippen LogP contribution in [0.3, 0.4) is 0 Å². The van der Waals surface area contributed by atoms with Gasteiger partial charge in [0.05, 0.1) is 18.8 Å². The minimum Gasteiger partial charge on any atom is -0.389 e. The molecule has 0 radical (unpaired) electrons. The van der Waals surface area contributed by atoms with E-state index in [1.54, 1.807) is 11.3 Å². The Labute approximate surface area is 120 Å². The molecule has 4 heteroatoms. The van der Waals surface area contributed by atoms with E-state index in [2.05, 4.69) is 23.7 Å². The average molecular weight is 283 g/mol. The van der Waals surface area contributed by atoms with Gasteiger partial charge in [-0.2, -0.15) is 0 Å². The van der Waals surface area contributed by atoms with Crippen LogP contribution in [0, 0.1) is 0 Å². The minimum absolute atomic E-state index is 0.388. The van der Waals surface area contributed by atoms with Gasteiger partial charge in [-0.15, -0.1) is 11.3 Å². The number of hydrogen-bond donors (Lipinski definition) is 2. The van der Waals surface area contributed by atoms with Gasteiger partial charge in [-0.1, -0.05) is 19.8 Å². The third kappa shape index (κ3) is 4.88. The van der Waals surface area contributed by atoms with E-state index in [1.165, 1.54) is 23.3 Å². The number of hydrogen-bond acceptors (Lipinski definition) is 4. The van der Waals surface area contributed by atoms with Crippen molar-refractivity contribution in [3.63, 3.8) is 0 Å².